The molecule has 0 bridgehead atoms. The van der Waals surface area contributed by atoms with Crippen LogP contribution in [0.4, 0.5) is 0 Å². The van der Waals surface area contributed by atoms with E-state index in [1.165, 1.54) is 5.56 Å². The first-order chi connectivity index (χ1) is 11.6. The van der Waals surface area contributed by atoms with Crippen LogP contribution in [-0.4, -0.2) is 44.7 Å². The molecule has 0 radical (unpaired) electrons. The van der Waals surface area contributed by atoms with E-state index in [0.717, 1.165) is 19.3 Å². The van der Waals surface area contributed by atoms with Gasteiger partial charge in [0.2, 0.25) is 0 Å². The predicted octanol–water partition coefficient (Wildman–Crippen LogP) is 1.96. The van der Waals surface area contributed by atoms with Crippen molar-refractivity contribution in [2.45, 2.75) is 32.7 Å². The Morgan fingerprint density at radius 3 is 2.79 bits per heavy atom. The minimum Gasteiger partial charge on any atom is -0.336 e. The van der Waals surface area contributed by atoms with Crippen molar-refractivity contribution < 1.29 is 9.59 Å². The molecule has 0 aliphatic carbocycles. The molecule has 1 amide bonds. The van der Waals surface area contributed by atoms with Crippen molar-refractivity contribution in [2.75, 3.05) is 13.1 Å². The Balaban J connectivity index is 1.60. The second kappa shape index (κ2) is 7.38. The van der Waals surface area contributed by atoms with Crippen LogP contribution in [0.15, 0.2) is 36.5 Å². The zero-order valence-electron chi connectivity index (χ0n) is 13.9. The lowest BCUT2D eigenvalue weighted by Gasteiger charge is -2.30. The maximum absolute atomic E-state index is 12.6. The summed E-state index contributed by atoms with van der Waals surface area (Å²) in [5.41, 5.74) is 1.58. The number of amides is 1. The molecule has 6 nitrogen and oxygen atoms in total. The highest BCUT2D eigenvalue weighted by atomic mass is 16.2. The average molecular weight is 326 g/mol. The summed E-state index contributed by atoms with van der Waals surface area (Å²) >= 11 is 0. The molecular formula is C18H22N4O2. The van der Waals surface area contributed by atoms with E-state index in [2.05, 4.69) is 22.4 Å². The van der Waals surface area contributed by atoms with E-state index in [1.807, 2.05) is 18.2 Å². The van der Waals surface area contributed by atoms with Crippen LogP contribution in [0, 0.1) is 5.92 Å². The number of hydrogen-bond donors (Lipinski definition) is 0. The van der Waals surface area contributed by atoms with Gasteiger partial charge in [0.25, 0.3) is 5.91 Å². The van der Waals surface area contributed by atoms with E-state index >= 15 is 0 Å². The first-order valence-corrected chi connectivity index (χ1v) is 8.37. The van der Waals surface area contributed by atoms with Gasteiger partial charge in [0, 0.05) is 25.6 Å². The van der Waals surface area contributed by atoms with Gasteiger partial charge in [-0.2, -0.15) is 0 Å². The normalized spacial score (nSPS) is 17.7. The van der Waals surface area contributed by atoms with Crippen molar-refractivity contribution >= 4 is 11.7 Å². The molecule has 0 N–H and O–H groups in total. The number of rotatable bonds is 5. The third kappa shape index (κ3) is 3.88. The molecule has 1 aliphatic rings. The van der Waals surface area contributed by atoms with Crippen molar-refractivity contribution in [3.8, 4) is 0 Å². The fraction of sp³-hybridized carbons (Fsp3) is 0.444. The molecule has 0 spiro atoms. The average Bonchev–Trinajstić information content (AvgIpc) is 3.09. The van der Waals surface area contributed by atoms with Gasteiger partial charge in [0.1, 0.15) is 5.78 Å². The first-order valence-electron chi connectivity index (χ1n) is 8.37. The molecule has 1 saturated heterocycles. The van der Waals surface area contributed by atoms with Crippen LogP contribution < -0.4 is 0 Å². The van der Waals surface area contributed by atoms with Crippen LogP contribution in [0.2, 0.25) is 0 Å². The van der Waals surface area contributed by atoms with Gasteiger partial charge in [0.15, 0.2) is 5.69 Å². The molecule has 1 atom stereocenters. The Kier molecular flexibility index (Phi) is 5.03. The number of aromatic nitrogens is 3. The number of carbonyl (C=O) groups is 2. The van der Waals surface area contributed by atoms with Crippen molar-refractivity contribution in [3.63, 3.8) is 0 Å². The van der Waals surface area contributed by atoms with Crippen LogP contribution in [-0.2, 0) is 17.8 Å². The number of aryl methyl sites for hydroxylation is 2. The van der Waals surface area contributed by atoms with E-state index in [1.54, 1.807) is 22.7 Å². The fourth-order valence-electron chi connectivity index (χ4n) is 3.05. The summed E-state index contributed by atoms with van der Waals surface area (Å²) in [6.07, 6.45) is 4.26. The Morgan fingerprint density at radius 2 is 2.04 bits per heavy atom. The third-order valence-corrected chi connectivity index (χ3v) is 4.51. The van der Waals surface area contributed by atoms with Gasteiger partial charge in [0.05, 0.1) is 6.20 Å². The Morgan fingerprint density at radius 1 is 1.25 bits per heavy atom. The topological polar surface area (TPSA) is 68.1 Å². The van der Waals surface area contributed by atoms with Gasteiger partial charge in [-0.15, -0.1) is 5.10 Å². The van der Waals surface area contributed by atoms with Crippen molar-refractivity contribution in [3.05, 3.63) is 47.8 Å². The van der Waals surface area contributed by atoms with Gasteiger partial charge in [-0.1, -0.05) is 35.5 Å². The lowest BCUT2D eigenvalue weighted by Crippen LogP contribution is -2.42. The summed E-state index contributed by atoms with van der Waals surface area (Å²) < 4.78 is 1.70. The number of piperidine rings is 1. The molecule has 0 saturated carbocycles. The molecule has 1 fully saturated rings. The molecule has 1 aliphatic heterocycles. The van der Waals surface area contributed by atoms with E-state index in [-0.39, 0.29) is 17.6 Å². The molecule has 1 aromatic carbocycles. The van der Waals surface area contributed by atoms with Gasteiger partial charge >= 0.3 is 0 Å². The zero-order valence-corrected chi connectivity index (χ0v) is 13.9. The van der Waals surface area contributed by atoms with E-state index < -0.39 is 0 Å². The SMILES string of the molecule is CC(=O)[C@H]1CCCN(C(=O)c2cn(CCc3ccccc3)nn2)C1. The quantitative estimate of drug-likeness (QED) is 0.842. The standard InChI is InChI=1S/C18H22N4O2/c1-14(23)16-8-5-10-21(12-16)18(24)17-13-22(20-19-17)11-9-15-6-3-2-4-7-15/h2-4,6-7,13,16H,5,8-12H2,1H3/t16-/m0/s1. The number of nitrogens with zero attached hydrogens (tertiary/aromatic N) is 4. The number of Topliss-reactive ketones (excluding diaryl/α,β-unsaturated/α-hetero) is 1. The number of benzene rings is 1. The molecular weight excluding hydrogens is 304 g/mol. The van der Waals surface area contributed by atoms with Gasteiger partial charge in [-0.05, 0) is 31.7 Å². The van der Waals surface area contributed by atoms with E-state index in [4.69, 9.17) is 0 Å². The largest absolute Gasteiger partial charge is 0.336 e. The number of hydrogen-bond acceptors (Lipinski definition) is 4. The Bertz CT molecular complexity index is 711. The van der Waals surface area contributed by atoms with Crippen LogP contribution in [0.25, 0.3) is 0 Å². The molecule has 2 aromatic rings. The molecule has 6 heteroatoms. The maximum atomic E-state index is 12.6. The predicted molar refractivity (Wildman–Crippen MR) is 89.5 cm³/mol. The molecule has 0 unspecified atom stereocenters. The highest BCUT2D eigenvalue weighted by Gasteiger charge is 2.28. The van der Waals surface area contributed by atoms with Gasteiger partial charge < -0.3 is 4.90 Å². The van der Waals surface area contributed by atoms with Crippen LogP contribution >= 0.6 is 0 Å². The summed E-state index contributed by atoms with van der Waals surface area (Å²) in [4.78, 5) is 25.8. The van der Waals surface area contributed by atoms with Crippen LogP contribution in [0.3, 0.4) is 0 Å². The van der Waals surface area contributed by atoms with Gasteiger partial charge in [-0.25, -0.2) is 0 Å². The van der Waals surface area contributed by atoms with E-state index in [9.17, 15) is 9.59 Å². The minimum absolute atomic E-state index is 0.0455. The molecule has 126 valence electrons. The number of carbonyl (C=O) groups excluding carboxylic acids is 2. The lowest BCUT2D eigenvalue weighted by atomic mass is 9.94. The fourth-order valence-corrected chi connectivity index (χ4v) is 3.05. The second-order valence-corrected chi connectivity index (χ2v) is 6.30. The molecule has 3 rings (SSSR count). The first kappa shape index (κ1) is 16.4. The molecule has 24 heavy (non-hydrogen) atoms. The summed E-state index contributed by atoms with van der Waals surface area (Å²) in [7, 11) is 0. The minimum atomic E-state index is -0.132. The number of ketones is 1. The summed E-state index contributed by atoms with van der Waals surface area (Å²) in [6.45, 7) is 3.45. The summed E-state index contributed by atoms with van der Waals surface area (Å²) in [5, 5.41) is 8.06. The van der Waals surface area contributed by atoms with Crippen molar-refractivity contribution in [2.24, 2.45) is 5.92 Å². The Labute approximate surface area is 141 Å². The molecule has 2 heterocycles. The summed E-state index contributed by atoms with van der Waals surface area (Å²) in [5.74, 6) is -0.0262. The van der Waals surface area contributed by atoms with Crippen LogP contribution in [0.5, 0.6) is 0 Å². The smallest absolute Gasteiger partial charge is 0.276 e. The monoisotopic (exact) mass is 326 g/mol. The number of likely N-dealkylation sites (tertiary alicyclic amines) is 1. The highest BCUT2D eigenvalue weighted by molar-refractivity contribution is 5.92. The second-order valence-electron chi connectivity index (χ2n) is 6.30. The van der Waals surface area contributed by atoms with E-state index in [0.29, 0.717) is 25.3 Å². The van der Waals surface area contributed by atoms with Crippen molar-refractivity contribution in [1.82, 2.24) is 19.9 Å². The Hall–Kier alpha value is -2.50. The zero-order chi connectivity index (χ0) is 16.9. The lowest BCUT2D eigenvalue weighted by molar-refractivity contribution is -0.122. The highest BCUT2D eigenvalue weighted by Crippen LogP contribution is 2.18. The maximum Gasteiger partial charge on any atom is 0.276 e. The van der Waals surface area contributed by atoms with Crippen LogP contribution in [0.1, 0.15) is 35.8 Å². The third-order valence-electron chi connectivity index (χ3n) is 4.51. The molecule has 1 aromatic heterocycles. The van der Waals surface area contributed by atoms with Gasteiger partial charge in [-0.3, -0.25) is 14.3 Å². The van der Waals surface area contributed by atoms with Crippen molar-refractivity contribution in [1.29, 1.82) is 0 Å². The summed E-state index contributed by atoms with van der Waals surface area (Å²) in [6, 6.07) is 10.1.